The van der Waals surface area contributed by atoms with Gasteiger partial charge in [0.1, 0.15) is 15.6 Å². The second kappa shape index (κ2) is 6.77. The average molecular weight is 401 g/mol. The van der Waals surface area contributed by atoms with Gasteiger partial charge >= 0.3 is 0 Å². The Morgan fingerprint density at radius 3 is 2.27 bits per heavy atom. The van der Waals surface area contributed by atoms with E-state index in [1.165, 1.54) is 0 Å². The molecule has 0 saturated heterocycles. The summed E-state index contributed by atoms with van der Waals surface area (Å²) in [5.41, 5.74) is 4.03. The van der Waals surface area contributed by atoms with Crippen molar-refractivity contribution in [2.45, 2.75) is 26.3 Å². The molecule has 3 aromatic rings. The number of aliphatic imine (C=N–C) groups is 1. The molecule has 0 fully saturated rings. The van der Waals surface area contributed by atoms with Crippen molar-refractivity contribution in [3.8, 4) is 0 Å². The molecule has 1 N–H and O–H groups in total. The van der Waals surface area contributed by atoms with Crippen LogP contribution in [0.1, 0.15) is 32.1 Å². The predicted octanol–water partition coefficient (Wildman–Crippen LogP) is 4.14. The maximum absolute atomic E-state index is 5.00. The number of aromatic nitrogens is 3. The maximum Gasteiger partial charge on any atom is 0.141 e. The maximum atomic E-state index is 5.00. The summed E-state index contributed by atoms with van der Waals surface area (Å²) in [6, 6.07) is 0. The molecular weight excluding hydrogens is 382 g/mol. The number of aryl methyl sites for hydroxylation is 3. The summed E-state index contributed by atoms with van der Waals surface area (Å²) in [6.07, 6.45) is 4.17. The van der Waals surface area contributed by atoms with Crippen LogP contribution in [-0.2, 0) is 5.54 Å². The lowest BCUT2D eigenvalue weighted by atomic mass is 9.85. The number of likely N-dealkylation sites (N-methyl/N-ethyl adjacent to an activating group) is 1. The molecule has 4 rings (SSSR count). The van der Waals surface area contributed by atoms with E-state index >= 15 is 0 Å². The minimum atomic E-state index is -0.588. The number of nitrogens with one attached hydrogen (secondary N) is 1. The van der Waals surface area contributed by atoms with Crippen molar-refractivity contribution >= 4 is 45.4 Å². The highest BCUT2D eigenvalue weighted by molar-refractivity contribution is 7.11. The molecule has 26 heavy (non-hydrogen) atoms. The van der Waals surface area contributed by atoms with Gasteiger partial charge in [-0.1, -0.05) is 0 Å². The van der Waals surface area contributed by atoms with Gasteiger partial charge in [0.05, 0.1) is 22.1 Å². The van der Waals surface area contributed by atoms with Crippen LogP contribution in [0.4, 0.5) is 0 Å². The van der Waals surface area contributed by atoms with Crippen LogP contribution in [0.3, 0.4) is 0 Å². The van der Waals surface area contributed by atoms with E-state index in [4.69, 9.17) is 15.0 Å². The summed E-state index contributed by atoms with van der Waals surface area (Å²) in [7, 11) is 1.94. The van der Waals surface area contributed by atoms with E-state index < -0.39 is 5.54 Å². The molecule has 0 saturated carbocycles. The van der Waals surface area contributed by atoms with Crippen LogP contribution in [-0.4, -0.2) is 27.7 Å². The minimum absolute atomic E-state index is 0.588. The third-order valence-corrected chi connectivity index (χ3v) is 7.00. The molecule has 8 heteroatoms. The van der Waals surface area contributed by atoms with Crippen molar-refractivity contribution in [1.82, 2.24) is 20.3 Å². The van der Waals surface area contributed by atoms with Crippen molar-refractivity contribution in [1.29, 1.82) is 0 Å². The van der Waals surface area contributed by atoms with E-state index in [9.17, 15) is 0 Å². The Kier molecular flexibility index (Phi) is 4.60. The molecule has 0 spiro atoms. The fourth-order valence-corrected chi connectivity index (χ4v) is 5.22. The highest BCUT2D eigenvalue weighted by Gasteiger charge is 2.42. The van der Waals surface area contributed by atoms with Crippen LogP contribution in [0.25, 0.3) is 5.70 Å². The summed E-state index contributed by atoms with van der Waals surface area (Å²) < 4.78 is 0. The summed E-state index contributed by atoms with van der Waals surface area (Å²) >= 11 is 4.87. The van der Waals surface area contributed by atoms with Crippen molar-refractivity contribution in [3.63, 3.8) is 0 Å². The Morgan fingerprint density at radius 2 is 1.69 bits per heavy atom. The number of hydrogen-bond acceptors (Lipinski definition) is 8. The fraction of sp³-hybridized carbons (Fsp3) is 0.278. The summed E-state index contributed by atoms with van der Waals surface area (Å²) in [5.74, 6) is 0. The predicted molar refractivity (Wildman–Crippen MR) is 110 cm³/mol. The molecule has 5 nitrogen and oxygen atoms in total. The van der Waals surface area contributed by atoms with Crippen LogP contribution in [0.5, 0.6) is 0 Å². The molecule has 1 aliphatic heterocycles. The number of nitrogens with zero attached hydrogens (tertiary/aromatic N) is 4. The molecule has 1 radical (unpaired) electrons. The van der Waals surface area contributed by atoms with Crippen LogP contribution < -0.4 is 5.32 Å². The van der Waals surface area contributed by atoms with E-state index in [1.807, 2.05) is 39.3 Å². The lowest BCUT2D eigenvalue weighted by Crippen LogP contribution is -2.49. The number of hydrogen-bond donors (Lipinski definition) is 1. The highest BCUT2D eigenvalue weighted by Crippen LogP contribution is 2.38. The van der Waals surface area contributed by atoms with Gasteiger partial charge in [0.15, 0.2) is 0 Å². The third kappa shape index (κ3) is 2.96. The van der Waals surface area contributed by atoms with E-state index in [0.29, 0.717) is 0 Å². The third-order valence-electron chi connectivity index (χ3n) is 4.15. The van der Waals surface area contributed by atoms with Gasteiger partial charge in [-0.15, -0.1) is 34.0 Å². The molecule has 0 amide bonds. The van der Waals surface area contributed by atoms with E-state index in [0.717, 1.165) is 43.5 Å². The second-order valence-corrected chi connectivity index (χ2v) is 8.86. The molecule has 1 unspecified atom stereocenters. The van der Waals surface area contributed by atoms with E-state index in [2.05, 4.69) is 27.5 Å². The van der Waals surface area contributed by atoms with Crippen molar-refractivity contribution in [3.05, 3.63) is 60.7 Å². The summed E-state index contributed by atoms with van der Waals surface area (Å²) in [4.78, 5) is 19.0. The molecule has 0 aliphatic carbocycles. The van der Waals surface area contributed by atoms with Gasteiger partial charge in [0, 0.05) is 33.9 Å². The molecule has 1 atom stereocenters. The zero-order valence-corrected chi connectivity index (χ0v) is 17.3. The van der Waals surface area contributed by atoms with Gasteiger partial charge in [-0.2, -0.15) is 0 Å². The standard InChI is InChI=1S/C18H18N5S3/c1-10-7-25-16(20-10)13-5-6-18(19-4,17-21-11(2)8-26-17)15(23-13)14-9-24-12(3)22-14/h5-9,19H,1-4H3. The van der Waals surface area contributed by atoms with Gasteiger partial charge in [0.2, 0.25) is 0 Å². The van der Waals surface area contributed by atoms with Gasteiger partial charge in [-0.05, 0) is 33.9 Å². The molecule has 1 aliphatic rings. The van der Waals surface area contributed by atoms with Gasteiger partial charge < -0.3 is 5.32 Å². The highest BCUT2D eigenvalue weighted by atomic mass is 32.1. The largest absolute Gasteiger partial charge is 0.303 e. The van der Waals surface area contributed by atoms with Crippen LogP contribution >= 0.6 is 34.0 Å². The Bertz CT molecular complexity index is 1010. The summed E-state index contributed by atoms with van der Waals surface area (Å²) in [6.45, 7) is 6.02. The first-order valence-corrected chi connectivity index (χ1v) is 10.8. The van der Waals surface area contributed by atoms with E-state index in [1.54, 1.807) is 34.0 Å². The molecule has 4 heterocycles. The van der Waals surface area contributed by atoms with Crippen molar-refractivity contribution < 1.29 is 0 Å². The fourth-order valence-electron chi connectivity index (χ4n) is 2.87. The quantitative estimate of drug-likeness (QED) is 0.715. The Labute approximate surface area is 164 Å². The second-order valence-electron chi connectivity index (χ2n) is 6.08. The molecule has 0 bridgehead atoms. The minimum Gasteiger partial charge on any atom is -0.303 e. The Morgan fingerprint density at radius 1 is 0.923 bits per heavy atom. The van der Waals surface area contributed by atoms with Crippen LogP contribution in [0.15, 0.2) is 27.2 Å². The van der Waals surface area contributed by atoms with Gasteiger partial charge in [0.25, 0.3) is 0 Å². The van der Waals surface area contributed by atoms with Gasteiger partial charge in [-0.3, -0.25) is 0 Å². The first kappa shape index (κ1) is 17.7. The molecule has 3 aromatic heterocycles. The monoisotopic (exact) mass is 400 g/mol. The zero-order valence-electron chi connectivity index (χ0n) is 14.9. The van der Waals surface area contributed by atoms with Crippen molar-refractivity contribution in [2.75, 3.05) is 7.05 Å². The summed E-state index contributed by atoms with van der Waals surface area (Å²) in [5, 5.41) is 12.5. The molecular formula is C18H18N5S3. The van der Waals surface area contributed by atoms with Gasteiger partial charge in [-0.25, -0.2) is 19.9 Å². The number of thiazole rings is 3. The molecule has 0 aromatic carbocycles. The molecule has 133 valence electrons. The smallest absolute Gasteiger partial charge is 0.141 e. The SMILES string of the molecule is CNC1(c2nc(C)cs2)[CH]C=C(c2nc(C)cs2)N=C1c1csc(C)n1. The lowest BCUT2D eigenvalue weighted by molar-refractivity contribution is 0.567. The number of rotatable bonds is 4. The lowest BCUT2D eigenvalue weighted by Gasteiger charge is -2.33. The normalized spacial score (nSPS) is 20.2. The topological polar surface area (TPSA) is 63.1 Å². The van der Waals surface area contributed by atoms with Crippen LogP contribution in [0.2, 0.25) is 0 Å². The average Bonchev–Trinajstić information content (AvgIpc) is 3.36. The Hall–Kier alpha value is -1.74. The first-order chi connectivity index (χ1) is 12.5. The van der Waals surface area contributed by atoms with Crippen LogP contribution in [0, 0.1) is 27.2 Å². The Balaban J connectivity index is 1.88. The first-order valence-electron chi connectivity index (χ1n) is 8.14. The zero-order chi connectivity index (χ0) is 18.3. The van der Waals surface area contributed by atoms with E-state index in [-0.39, 0.29) is 0 Å². The van der Waals surface area contributed by atoms with Crippen molar-refractivity contribution in [2.24, 2.45) is 4.99 Å².